The number of aromatic nitrogens is 1. The van der Waals surface area contributed by atoms with Gasteiger partial charge in [-0.05, 0) is 36.2 Å². The molecule has 0 aliphatic rings. The minimum Gasteiger partial charge on any atom is -0.332 e. The largest absolute Gasteiger partial charge is 0.332 e. The summed E-state index contributed by atoms with van der Waals surface area (Å²) in [4.78, 5) is 4.63. The van der Waals surface area contributed by atoms with Gasteiger partial charge in [0.1, 0.15) is 0 Å². The normalized spacial score (nSPS) is 10.6. The molecule has 21 heavy (non-hydrogen) atoms. The van der Waals surface area contributed by atoms with Crippen molar-refractivity contribution in [2.75, 3.05) is 5.32 Å². The molecule has 0 aliphatic heterocycles. The number of halogens is 1. The third-order valence-electron chi connectivity index (χ3n) is 3.26. The number of hydrogen-bond donors (Lipinski definition) is 1. The second-order valence-electron chi connectivity index (χ2n) is 4.72. The van der Waals surface area contributed by atoms with E-state index in [1.165, 1.54) is 5.56 Å². The molecule has 106 valence electrons. The number of nitrogens with one attached hydrogen (secondary N) is 1. The predicted molar refractivity (Wildman–Crippen MR) is 91.7 cm³/mol. The quantitative estimate of drug-likeness (QED) is 0.661. The van der Waals surface area contributed by atoms with Gasteiger partial charge in [-0.3, -0.25) is 0 Å². The van der Waals surface area contributed by atoms with E-state index >= 15 is 0 Å². The molecular formula is C17H15ClN2S. The first-order chi connectivity index (χ1) is 10.2. The van der Waals surface area contributed by atoms with E-state index in [0.717, 1.165) is 33.5 Å². The van der Waals surface area contributed by atoms with Gasteiger partial charge in [-0.15, -0.1) is 11.3 Å². The smallest absolute Gasteiger partial charge is 0.187 e. The highest BCUT2D eigenvalue weighted by molar-refractivity contribution is 7.14. The van der Waals surface area contributed by atoms with Gasteiger partial charge in [-0.1, -0.05) is 42.8 Å². The molecule has 0 spiro atoms. The minimum atomic E-state index is 0.733. The molecule has 0 radical (unpaired) electrons. The van der Waals surface area contributed by atoms with Crippen LogP contribution in [0.5, 0.6) is 0 Å². The van der Waals surface area contributed by atoms with Gasteiger partial charge in [0.05, 0.1) is 5.69 Å². The van der Waals surface area contributed by atoms with Crippen molar-refractivity contribution in [3.8, 4) is 11.3 Å². The Labute approximate surface area is 133 Å². The van der Waals surface area contributed by atoms with Crippen LogP contribution in [0.2, 0.25) is 5.02 Å². The number of benzene rings is 2. The van der Waals surface area contributed by atoms with Crippen molar-refractivity contribution in [1.82, 2.24) is 4.98 Å². The van der Waals surface area contributed by atoms with Gasteiger partial charge in [0.15, 0.2) is 5.13 Å². The van der Waals surface area contributed by atoms with Crippen LogP contribution in [0.3, 0.4) is 0 Å². The number of thiazole rings is 1. The monoisotopic (exact) mass is 314 g/mol. The standard InChI is InChI=1S/C17H15ClN2S/c1-2-12-3-5-13(6-4-12)16-11-21-17(20-16)19-15-9-7-14(18)8-10-15/h3-11H,2H2,1H3,(H,19,20). The summed E-state index contributed by atoms with van der Waals surface area (Å²) in [5.74, 6) is 0. The van der Waals surface area contributed by atoms with Crippen LogP contribution in [-0.4, -0.2) is 4.98 Å². The molecule has 2 nitrogen and oxygen atoms in total. The first-order valence-corrected chi connectivity index (χ1v) is 8.08. The second kappa shape index (κ2) is 6.29. The summed E-state index contributed by atoms with van der Waals surface area (Å²) in [5.41, 5.74) is 4.47. The molecule has 0 saturated carbocycles. The van der Waals surface area contributed by atoms with Crippen LogP contribution < -0.4 is 5.32 Å². The van der Waals surface area contributed by atoms with Gasteiger partial charge >= 0.3 is 0 Å². The zero-order valence-electron chi connectivity index (χ0n) is 11.6. The Kier molecular flexibility index (Phi) is 4.23. The summed E-state index contributed by atoms with van der Waals surface area (Å²) < 4.78 is 0. The van der Waals surface area contributed by atoms with Crippen molar-refractivity contribution >= 4 is 33.8 Å². The van der Waals surface area contributed by atoms with E-state index in [9.17, 15) is 0 Å². The average Bonchev–Trinajstić information content (AvgIpc) is 2.98. The highest BCUT2D eigenvalue weighted by Crippen LogP contribution is 2.27. The van der Waals surface area contributed by atoms with Crippen LogP contribution in [0, 0.1) is 0 Å². The molecule has 4 heteroatoms. The lowest BCUT2D eigenvalue weighted by Crippen LogP contribution is -1.89. The summed E-state index contributed by atoms with van der Waals surface area (Å²) in [7, 11) is 0. The molecule has 0 fully saturated rings. The van der Waals surface area contributed by atoms with E-state index in [-0.39, 0.29) is 0 Å². The fraction of sp³-hybridized carbons (Fsp3) is 0.118. The number of hydrogen-bond acceptors (Lipinski definition) is 3. The number of anilines is 2. The van der Waals surface area contributed by atoms with Crippen LogP contribution in [0.15, 0.2) is 53.9 Å². The molecule has 1 heterocycles. The predicted octanol–water partition coefficient (Wildman–Crippen LogP) is 5.77. The lowest BCUT2D eigenvalue weighted by Gasteiger charge is -2.02. The average molecular weight is 315 g/mol. The Balaban J connectivity index is 1.77. The maximum absolute atomic E-state index is 5.88. The first-order valence-electron chi connectivity index (χ1n) is 6.82. The van der Waals surface area contributed by atoms with E-state index < -0.39 is 0 Å². The molecule has 0 saturated heterocycles. The third kappa shape index (κ3) is 3.43. The molecule has 0 aliphatic carbocycles. The van der Waals surface area contributed by atoms with Crippen molar-refractivity contribution in [2.24, 2.45) is 0 Å². The Morgan fingerprint density at radius 3 is 2.43 bits per heavy atom. The Hall–Kier alpha value is -1.84. The van der Waals surface area contributed by atoms with Crippen molar-refractivity contribution < 1.29 is 0 Å². The molecule has 0 atom stereocenters. The van der Waals surface area contributed by atoms with Crippen molar-refractivity contribution in [2.45, 2.75) is 13.3 Å². The van der Waals surface area contributed by atoms with Crippen LogP contribution in [0.4, 0.5) is 10.8 Å². The van der Waals surface area contributed by atoms with Gasteiger partial charge in [0.25, 0.3) is 0 Å². The van der Waals surface area contributed by atoms with Gasteiger partial charge in [-0.2, -0.15) is 0 Å². The number of rotatable bonds is 4. The Morgan fingerprint density at radius 2 is 1.76 bits per heavy atom. The fourth-order valence-electron chi connectivity index (χ4n) is 2.03. The van der Waals surface area contributed by atoms with E-state index in [1.54, 1.807) is 11.3 Å². The highest BCUT2D eigenvalue weighted by Gasteiger charge is 2.05. The zero-order valence-corrected chi connectivity index (χ0v) is 13.2. The van der Waals surface area contributed by atoms with Crippen LogP contribution in [-0.2, 0) is 6.42 Å². The lowest BCUT2D eigenvalue weighted by molar-refractivity contribution is 1.14. The van der Waals surface area contributed by atoms with E-state index in [4.69, 9.17) is 11.6 Å². The van der Waals surface area contributed by atoms with E-state index in [2.05, 4.69) is 46.9 Å². The minimum absolute atomic E-state index is 0.733. The molecular weight excluding hydrogens is 300 g/mol. The van der Waals surface area contributed by atoms with Gasteiger partial charge in [0, 0.05) is 21.7 Å². The summed E-state index contributed by atoms with van der Waals surface area (Å²) in [5, 5.41) is 6.98. The summed E-state index contributed by atoms with van der Waals surface area (Å²) >= 11 is 7.48. The number of nitrogens with zero attached hydrogens (tertiary/aromatic N) is 1. The topological polar surface area (TPSA) is 24.9 Å². The van der Waals surface area contributed by atoms with Crippen LogP contribution >= 0.6 is 22.9 Å². The summed E-state index contributed by atoms with van der Waals surface area (Å²) in [6, 6.07) is 16.2. The molecule has 1 N–H and O–H groups in total. The zero-order chi connectivity index (χ0) is 14.7. The molecule has 2 aromatic carbocycles. The fourth-order valence-corrected chi connectivity index (χ4v) is 2.90. The molecule has 0 amide bonds. The second-order valence-corrected chi connectivity index (χ2v) is 6.01. The third-order valence-corrected chi connectivity index (χ3v) is 4.27. The molecule has 3 rings (SSSR count). The highest BCUT2D eigenvalue weighted by atomic mass is 35.5. The van der Waals surface area contributed by atoms with Crippen molar-refractivity contribution in [3.05, 3.63) is 64.5 Å². The Bertz CT molecular complexity index is 717. The molecule has 0 bridgehead atoms. The van der Waals surface area contributed by atoms with E-state index in [1.807, 2.05) is 24.3 Å². The van der Waals surface area contributed by atoms with Gasteiger partial charge in [-0.25, -0.2) is 4.98 Å². The SMILES string of the molecule is CCc1ccc(-c2csc(Nc3ccc(Cl)cc3)n2)cc1. The van der Waals surface area contributed by atoms with Gasteiger partial charge < -0.3 is 5.32 Å². The maximum atomic E-state index is 5.88. The molecule has 1 aromatic heterocycles. The van der Waals surface area contributed by atoms with Crippen LogP contribution in [0.1, 0.15) is 12.5 Å². The summed E-state index contributed by atoms with van der Waals surface area (Å²) in [6.45, 7) is 2.16. The van der Waals surface area contributed by atoms with Crippen molar-refractivity contribution in [1.29, 1.82) is 0 Å². The lowest BCUT2D eigenvalue weighted by atomic mass is 10.1. The van der Waals surface area contributed by atoms with Gasteiger partial charge in [0.2, 0.25) is 0 Å². The van der Waals surface area contributed by atoms with Crippen molar-refractivity contribution in [3.63, 3.8) is 0 Å². The van der Waals surface area contributed by atoms with E-state index in [0.29, 0.717) is 0 Å². The Morgan fingerprint density at radius 1 is 1.05 bits per heavy atom. The number of aryl methyl sites for hydroxylation is 1. The van der Waals surface area contributed by atoms with Crippen LogP contribution in [0.25, 0.3) is 11.3 Å². The maximum Gasteiger partial charge on any atom is 0.187 e. The molecule has 3 aromatic rings. The first kappa shape index (κ1) is 14.1. The molecule has 0 unspecified atom stereocenters. The summed E-state index contributed by atoms with van der Waals surface area (Å²) in [6.07, 6.45) is 1.06.